The predicted octanol–water partition coefficient (Wildman–Crippen LogP) is 2.90. The highest BCUT2D eigenvalue weighted by atomic mass is 35.5. The van der Waals surface area contributed by atoms with Gasteiger partial charge in [0.2, 0.25) is 5.91 Å². The lowest BCUT2D eigenvalue weighted by Crippen LogP contribution is -2.52. The van der Waals surface area contributed by atoms with Gasteiger partial charge in [0.25, 0.3) is 0 Å². The summed E-state index contributed by atoms with van der Waals surface area (Å²) < 4.78 is 10.8. The summed E-state index contributed by atoms with van der Waals surface area (Å²) in [6.07, 6.45) is 2.30. The molecule has 6 nitrogen and oxygen atoms in total. The number of carbonyl (C=O) groups excluding carboxylic acids is 1. The van der Waals surface area contributed by atoms with E-state index in [1.807, 2.05) is 0 Å². The number of halogens is 2. The van der Waals surface area contributed by atoms with E-state index in [9.17, 15) is 9.90 Å². The van der Waals surface area contributed by atoms with Gasteiger partial charge in [-0.3, -0.25) is 9.78 Å². The molecule has 1 saturated heterocycles. The predicted molar refractivity (Wildman–Crippen MR) is 102 cm³/mol. The Bertz CT molecular complexity index is 818. The Labute approximate surface area is 167 Å². The lowest BCUT2D eigenvalue weighted by molar-refractivity contribution is -0.144. The third-order valence-electron chi connectivity index (χ3n) is 4.54. The summed E-state index contributed by atoms with van der Waals surface area (Å²) in [7, 11) is 1.52. The maximum atomic E-state index is 12.9. The van der Waals surface area contributed by atoms with Gasteiger partial charge in [-0.15, -0.1) is 0 Å². The van der Waals surface area contributed by atoms with Gasteiger partial charge in [0.15, 0.2) is 0 Å². The molecule has 0 radical (unpaired) electrons. The van der Waals surface area contributed by atoms with Gasteiger partial charge in [0.05, 0.1) is 42.8 Å². The Morgan fingerprint density at radius 1 is 1.41 bits per heavy atom. The number of carbonyl (C=O) groups is 1. The molecular formula is C19H20Cl2N2O4. The molecule has 1 N–H and O–H groups in total. The molecule has 0 bridgehead atoms. The van der Waals surface area contributed by atoms with Crippen molar-refractivity contribution in [3.63, 3.8) is 0 Å². The van der Waals surface area contributed by atoms with Gasteiger partial charge in [-0.1, -0.05) is 29.3 Å². The topological polar surface area (TPSA) is 71.9 Å². The molecule has 2 aromatic rings. The zero-order valence-corrected chi connectivity index (χ0v) is 16.3. The molecule has 0 aliphatic carbocycles. The summed E-state index contributed by atoms with van der Waals surface area (Å²) in [5, 5.41) is 11.7. The van der Waals surface area contributed by atoms with Gasteiger partial charge in [0, 0.05) is 24.5 Å². The molecule has 8 heteroatoms. The van der Waals surface area contributed by atoms with Crippen LogP contribution in [0.4, 0.5) is 0 Å². The first kappa shape index (κ1) is 19.9. The van der Waals surface area contributed by atoms with Crippen LogP contribution in [0.5, 0.6) is 5.75 Å². The van der Waals surface area contributed by atoms with Crippen LogP contribution in [0.25, 0.3) is 0 Å². The molecule has 1 aromatic heterocycles. The number of amides is 1. The summed E-state index contributed by atoms with van der Waals surface area (Å²) in [6, 6.07) is 6.25. The smallest absolute Gasteiger partial charge is 0.227 e. The van der Waals surface area contributed by atoms with E-state index in [4.69, 9.17) is 32.7 Å². The molecule has 1 amide bonds. The maximum Gasteiger partial charge on any atom is 0.227 e. The highest BCUT2D eigenvalue weighted by Gasteiger charge is 2.34. The maximum absolute atomic E-state index is 12.9. The minimum Gasteiger partial charge on any atom is -0.496 e. The third-order valence-corrected chi connectivity index (χ3v) is 5.28. The summed E-state index contributed by atoms with van der Waals surface area (Å²) in [6.45, 7) is 1.04. The largest absolute Gasteiger partial charge is 0.496 e. The molecular weight excluding hydrogens is 391 g/mol. The molecule has 1 aliphatic rings. The molecule has 0 spiro atoms. The number of benzene rings is 1. The average Bonchev–Trinajstić information content (AvgIpc) is 2.70. The van der Waals surface area contributed by atoms with Crippen LogP contribution >= 0.6 is 23.2 Å². The van der Waals surface area contributed by atoms with E-state index >= 15 is 0 Å². The molecule has 1 fully saturated rings. The average molecular weight is 411 g/mol. The van der Waals surface area contributed by atoms with Crippen molar-refractivity contribution in [3.8, 4) is 5.75 Å². The number of aromatic nitrogens is 1. The van der Waals surface area contributed by atoms with E-state index < -0.39 is 12.1 Å². The number of hydrogen-bond donors (Lipinski definition) is 1. The number of nitrogens with zero attached hydrogens (tertiary/aromatic N) is 2. The number of ether oxygens (including phenoxy) is 2. The second kappa shape index (κ2) is 8.89. The SMILES string of the molecule is COc1ccncc1[C@@H](O)[C@H]1COCCN1C(=O)Cc1ccc(Cl)c(Cl)c1. The Balaban J connectivity index is 1.80. The second-order valence-electron chi connectivity index (χ2n) is 6.22. The minimum absolute atomic E-state index is 0.122. The minimum atomic E-state index is -0.980. The fraction of sp³-hybridized carbons (Fsp3) is 0.368. The lowest BCUT2D eigenvalue weighted by atomic mass is 10.00. The fourth-order valence-corrected chi connectivity index (χ4v) is 3.45. The van der Waals surface area contributed by atoms with Crippen molar-refractivity contribution < 1.29 is 19.4 Å². The van der Waals surface area contributed by atoms with Gasteiger partial charge in [-0.2, -0.15) is 0 Å². The molecule has 144 valence electrons. The van der Waals surface area contributed by atoms with Crippen molar-refractivity contribution in [2.24, 2.45) is 0 Å². The molecule has 3 rings (SSSR count). The van der Waals surface area contributed by atoms with Gasteiger partial charge < -0.3 is 19.5 Å². The third kappa shape index (κ3) is 4.52. The number of aliphatic hydroxyl groups is 1. The first-order valence-electron chi connectivity index (χ1n) is 8.48. The normalized spacial score (nSPS) is 18.2. The van der Waals surface area contributed by atoms with Crippen LogP contribution in [-0.2, 0) is 16.0 Å². The van der Waals surface area contributed by atoms with Crippen molar-refractivity contribution in [1.82, 2.24) is 9.88 Å². The fourth-order valence-electron chi connectivity index (χ4n) is 3.13. The standard InChI is InChI=1S/C19H20Cl2N2O4/c1-26-17-4-5-22-10-13(17)19(25)16-11-27-7-6-23(16)18(24)9-12-2-3-14(20)15(21)8-12/h2-5,8,10,16,19,25H,6-7,9,11H2,1H3/t16-,19-/m1/s1. The Hall–Kier alpha value is -1.86. The zero-order valence-electron chi connectivity index (χ0n) is 14.8. The van der Waals surface area contributed by atoms with Crippen LogP contribution in [-0.4, -0.2) is 53.8 Å². The molecule has 0 saturated carbocycles. The molecule has 2 atom stereocenters. The van der Waals surface area contributed by atoms with Crippen LogP contribution < -0.4 is 4.74 Å². The van der Waals surface area contributed by atoms with Gasteiger partial charge in [-0.05, 0) is 23.8 Å². The van der Waals surface area contributed by atoms with Crippen LogP contribution in [0.15, 0.2) is 36.7 Å². The summed E-state index contributed by atoms with van der Waals surface area (Å²) in [4.78, 5) is 18.6. The highest BCUT2D eigenvalue weighted by Crippen LogP contribution is 2.30. The quantitative estimate of drug-likeness (QED) is 0.820. The highest BCUT2D eigenvalue weighted by molar-refractivity contribution is 6.42. The molecule has 1 aliphatic heterocycles. The van der Waals surface area contributed by atoms with Crippen molar-refractivity contribution >= 4 is 29.1 Å². The van der Waals surface area contributed by atoms with E-state index in [0.29, 0.717) is 34.5 Å². The van der Waals surface area contributed by atoms with Crippen molar-refractivity contribution in [3.05, 3.63) is 57.8 Å². The lowest BCUT2D eigenvalue weighted by Gasteiger charge is -2.38. The summed E-state index contributed by atoms with van der Waals surface area (Å²) in [5.41, 5.74) is 1.27. The number of morpholine rings is 1. The number of pyridine rings is 1. The zero-order chi connectivity index (χ0) is 19.4. The number of rotatable bonds is 5. The van der Waals surface area contributed by atoms with Crippen molar-refractivity contribution in [1.29, 1.82) is 0 Å². The number of aliphatic hydroxyl groups excluding tert-OH is 1. The van der Waals surface area contributed by atoms with Gasteiger partial charge >= 0.3 is 0 Å². The first-order chi connectivity index (χ1) is 13.0. The van der Waals surface area contributed by atoms with Crippen LogP contribution in [0.2, 0.25) is 10.0 Å². The van der Waals surface area contributed by atoms with Gasteiger partial charge in [0.1, 0.15) is 11.9 Å². The summed E-state index contributed by atoms with van der Waals surface area (Å²) in [5.74, 6) is 0.392. The van der Waals surface area contributed by atoms with Crippen LogP contribution in [0.1, 0.15) is 17.2 Å². The van der Waals surface area contributed by atoms with Crippen LogP contribution in [0, 0.1) is 0 Å². The molecule has 27 heavy (non-hydrogen) atoms. The van der Waals surface area contributed by atoms with E-state index in [0.717, 1.165) is 5.56 Å². The Morgan fingerprint density at radius 3 is 2.96 bits per heavy atom. The number of hydrogen-bond acceptors (Lipinski definition) is 5. The Morgan fingerprint density at radius 2 is 2.22 bits per heavy atom. The van der Waals surface area contributed by atoms with E-state index in [2.05, 4.69) is 4.98 Å². The van der Waals surface area contributed by atoms with Crippen LogP contribution in [0.3, 0.4) is 0 Å². The summed E-state index contributed by atoms with van der Waals surface area (Å²) >= 11 is 12.0. The van der Waals surface area contributed by atoms with E-state index in [1.165, 1.54) is 7.11 Å². The number of methoxy groups -OCH3 is 1. The van der Waals surface area contributed by atoms with Crippen molar-refractivity contribution in [2.75, 3.05) is 26.9 Å². The van der Waals surface area contributed by atoms with E-state index in [-0.39, 0.29) is 18.9 Å². The molecule has 2 heterocycles. The van der Waals surface area contributed by atoms with Gasteiger partial charge in [-0.25, -0.2) is 0 Å². The monoisotopic (exact) mass is 410 g/mol. The Kier molecular flexibility index (Phi) is 6.55. The van der Waals surface area contributed by atoms with E-state index in [1.54, 1.807) is 41.6 Å². The molecule has 1 aromatic carbocycles. The second-order valence-corrected chi connectivity index (χ2v) is 7.03. The first-order valence-corrected chi connectivity index (χ1v) is 9.24. The molecule has 0 unspecified atom stereocenters. The van der Waals surface area contributed by atoms with Crippen molar-refractivity contribution in [2.45, 2.75) is 18.6 Å².